The van der Waals surface area contributed by atoms with E-state index in [9.17, 15) is 13.6 Å². The standard InChI is InChI=1S/C29H29ClF4N4O3/c1-15-16(2)40-19(14-37(15)4)13-35-28(39)29(3)26(24-9-10-25(30)41-24)27(20-7-5-17(31)11-21(20)33)36-38(29)23-8-6-18(32)12-22(23)34/h5-12,15-16,19,26H,13-14H2,1-4H3,(H,35,39). The molecule has 3 aromatic rings. The fourth-order valence-electron chi connectivity index (χ4n) is 5.45. The summed E-state index contributed by atoms with van der Waals surface area (Å²) < 4.78 is 69.9. The lowest BCUT2D eigenvalue weighted by molar-refractivity contribution is -0.129. The van der Waals surface area contributed by atoms with Crippen LogP contribution in [0.1, 0.15) is 38.0 Å². The maximum atomic E-state index is 15.2. The maximum Gasteiger partial charge on any atom is 0.249 e. The molecule has 5 unspecified atom stereocenters. The fourth-order valence-corrected chi connectivity index (χ4v) is 5.60. The third-order valence-electron chi connectivity index (χ3n) is 7.93. The SMILES string of the molecule is CC1OC(CNC(=O)C2(C)C(c3ccc(Cl)o3)C(c3ccc(F)cc3F)=NN2c2ccc(F)cc2F)CN(C)C1C. The number of hydrazone groups is 1. The summed E-state index contributed by atoms with van der Waals surface area (Å²) in [5.74, 6) is -5.21. The van der Waals surface area contributed by atoms with Gasteiger partial charge < -0.3 is 14.5 Å². The summed E-state index contributed by atoms with van der Waals surface area (Å²) in [4.78, 5) is 16.3. The number of carbonyl (C=O) groups is 1. The molecule has 0 bridgehead atoms. The molecule has 5 rings (SSSR count). The van der Waals surface area contributed by atoms with Gasteiger partial charge in [0.05, 0.1) is 29.5 Å². The Hall–Kier alpha value is -3.41. The fraction of sp³-hybridized carbons (Fsp3) is 0.379. The third-order valence-corrected chi connectivity index (χ3v) is 8.13. The van der Waals surface area contributed by atoms with Gasteiger partial charge in [-0.05, 0) is 75.8 Å². The summed E-state index contributed by atoms with van der Waals surface area (Å²) in [5, 5.41) is 8.47. The molecule has 1 fully saturated rings. The highest BCUT2D eigenvalue weighted by atomic mass is 35.5. The predicted octanol–water partition coefficient (Wildman–Crippen LogP) is 5.48. The number of likely N-dealkylation sites (N-methyl/N-ethyl adjacent to an activating group) is 1. The van der Waals surface area contributed by atoms with E-state index in [-0.39, 0.29) is 52.7 Å². The molecule has 0 saturated carbocycles. The summed E-state index contributed by atoms with van der Waals surface area (Å²) in [6, 6.07) is 8.86. The van der Waals surface area contributed by atoms with Crippen molar-refractivity contribution in [1.29, 1.82) is 0 Å². The summed E-state index contributed by atoms with van der Waals surface area (Å²) in [6.07, 6.45) is -0.431. The number of morpholine rings is 1. The van der Waals surface area contributed by atoms with E-state index < -0.39 is 40.6 Å². The number of carbonyl (C=O) groups excluding carboxylic acids is 1. The molecular weight excluding hydrogens is 564 g/mol. The smallest absolute Gasteiger partial charge is 0.249 e. The van der Waals surface area contributed by atoms with E-state index in [1.165, 1.54) is 25.1 Å². The van der Waals surface area contributed by atoms with Crippen molar-refractivity contribution in [3.8, 4) is 0 Å². The van der Waals surface area contributed by atoms with Crippen molar-refractivity contribution in [3.63, 3.8) is 0 Å². The monoisotopic (exact) mass is 592 g/mol. The van der Waals surface area contributed by atoms with Crippen LogP contribution in [0.25, 0.3) is 0 Å². The van der Waals surface area contributed by atoms with Crippen LogP contribution in [0.2, 0.25) is 5.22 Å². The maximum absolute atomic E-state index is 15.2. The minimum absolute atomic E-state index is 0.00477. The first-order valence-electron chi connectivity index (χ1n) is 13.1. The second kappa shape index (κ2) is 11.1. The first-order valence-corrected chi connectivity index (χ1v) is 13.5. The minimum Gasteiger partial charge on any atom is -0.449 e. The van der Waals surface area contributed by atoms with Crippen molar-refractivity contribution in [2.75, 3.05) is 25.1 Å². The molecule has 41 heavy (non-hydrogen) atoms. The lowest BCUT2D eigenvalue weighted by Crippen LogP contribution is -2.59. The Morgan fingerprint density at radius 3 is 2.37 bits per heavy atom. The van der Waals surface area contributed by atoms with Gasteiger partial charge in [0.1, 0.15) is 23.2 Å². The van der Waals surface area contributed by atoms with Gasteiger partial charge in [0.15, 0.2) is 16.6 Å². The second-order valence-corrected chi connectivity index (χ2v) is 11.0. The molecule has 218 valence electrons. The van der Waals surface area contributed by atoms with Crippen LogP contribution in [0.3, 0.4) is 0 Å². The first kappa shape index (κ1) is 29.1. The number of ether oxygens (including phenoxy) is 1. The molecule has 1 amide bonds. The Morgan fingerprint density at radius 1 is 1.07 bits per heavy atom. The number of anilines is 1. The summed E-state index contributed by atoms with van der Waals surface area (Å²) >= 11 is 6.09. The van der Waals surface area contributed by atoms with E-state index in [2.05, 4.69) is 15.3 Å². The molecule has 12 heteroatoms. The van der Waals surface area contributed by atoms with E-state index >= 15 is 8.78 Å². The topological polar surface area (TPSA) is 70.3 Å². The average molecular weight is 593 g/mol. The van der Waals surface area contributed by atoms with E-state index in [1.807, 2.05) is 20.9 Å². The van der Waals surface area contributed by atoms with Crippen LogP contribution in [0.4, 0.5) is 23.2 Å². The van der Waals surface area contributed by atoms with Gasteiger partial charge in [-0.15, -0.1) is 0 Å². The number of hydrogen-bond donors (Lipinski definition) is 1. The molecule has 0 spiro atoms. The molecule has 1 N–H and O–H groups in total. The van der Waals surface area contributed by atoms with Gasteiger partial charge in [-0.1, -0.05) is 0 Å². The number of hydrogen-bond acceptors (Lipinski definition) is 6. The number of furan rings is 1. The van der Waals surface area contributed by atoms with Gasteiger partial charge in [-0.25, -0.2) is 22.6 Å². The van der Waals surface area contributed by atoms with Gasteiger partial charge in [-0.2, -0.15) is 5.10 Å². The van der Waals surface area contributed by atoms with Crippen LogP contribution in [-0.4, -0.2) is 60.4 Å². The molecule has 2 aromatic carbocycles. The Balaban J connectivity index is 1.60. The Kier molecular flexibility index (Phi) is 7.88. The van der Waals surface area contributed by atoms with E-state index in [0.29, 0.717) is 18.7 Å². The van der Waals surface area contributed by atoms with Crippen LogP contribution in [0.5, 0.6) is 0 Å². The van der Waals surface area contributed by atoms with Crippen molar-refractivity contribution in [1.82, 2.24) is 10.2 Å². The molecule has 0 radical (unpaired) electrons. The zero-order valence-corrected chi connectivity index (χ0v) is 23.6. The van der Waals surface area contributed by atoms with Crippen LogP contribution >= 0.6 is 11.6 Å². The molecular formula is C29H29ClF4N4O3. The molecule has 7 nitrogen and oxygen atoms in total. The Morgan fingerprint density at radius 2 is 1.76 bits per heavy atom. The highest BCUT2D eigenvalue weighted by molar-refractivity contribution is 6.28. The number of nitrogens with one attached hydrogen (secondary N) is 1. The highest BCUT2D eigenvalue weighted by Gasteiger charge is 2.57. The molecule has 0 aliphatic carbocycles. The van der Waals surface area contributed by atoms with E-state index in [0.717, 1.165) is 23.2 Å². The average Bonchev–Trinajstić information content (AvgIpc) is 3.46. The third kappa shape index (κ3) is 5.33. The van der Waals surface area contributed by atoms with Crippen molar-refractivity contribution < 1.29 is 31.5 Å². The molecule has 5 atom stereocenters. The molecule has 1 saturated heterocycles. The van der Waals surface area contributed by atoms with E-state index in [4.69, 9.17) is 20.8 Å². The predicted molar refractivity (Wildman–Crippen MR) is 146 cm³/mol. The lowest BCUT2D eigenvalue weighted by atomic mass is 9.78. The Labute approximate surface area is 239 Å². The molecule has 2 aliphatic rings. The van der Waals surface area contributed by atoms with Crippen LogP contribution in [0, 0.1) is 23.3 Å². The van der Waals surface area contributed by atoms with Crippen LogP contribution in [-0.2, 0) is 9.53 Å². The lowest BCUT2D eigenvalue weighted by Gasteiger charge is -2.41. The largest absolute Gasteiger partial charge is 0.449 e. The number of halogens is 5. The van der Waals surface area contributed by atoms with Gasteiger partial charge >= 0.3 is 0 Å². The zero-order chi connectivity index (χ0) is 29.6. The number of nitrogens with zero attached hydrogens (tertiary/aromatic N) is 3. The minimum atomic E-state index is -1.78. The summed E-state index contributed by atoms with van der Waals surface area (Å²) in [7, 11) is 1.96. The van der Waals surface area contributed by atoms with Gasteiger partial charge in [0.25, 0.3) is 0 Å². The number of rotatable bonds is 6. The normalized spacial score (nSPS) is 26.8. The van der Waals surface area contributed by atoms with Crippen molar-refractivity contribution in [2.45, 2.75) is 50.5 Å². The van der Waals surface area contributed by atoms with Crippen molar-refractivity contribution in [3.05, 3.63) is 88.3 Å². The second-order valence-electron chi connectivity index (χ2n) is 10.6. The quantitative estimate of drug-likeness (QED) is 0.384. The van der Waals surface area contributed by atoms with Crippen LogP contribution in [0.15, 0.2) is 58.0 Å². The molecule has 3 heterocycles. The van der Waals surface area contributed by atoms with Gasteiger partial charge in [-0.3, -0.25) is 9.69 Å². The van der Waals surface area contributed by atoms with Crippen molar-refractivity contribution >= 4 is 28.9 Å². The highest BCUT2D eigenvalue weighted by Crippen LogP contribution is 2.46. The molecule has 2 aliphatic heterocycles. The van der Waals surface area contributed by atoms with Gasteiger partial charge in [0, 0.05) is 36.8 Å². The first-order chi connectivity index (χ1) is 19.4. The zero-order valence-electron chi connectivity index (χ0n) is 22.8. The Bertz CT molecular complexity index is 1490. The number of amides is 1. The van der Waals surface area contributed by atoms with Crippen LogP contribution < -0.4 is 10.3 Å². The molecule has 1 aromatic heterocycles. The van der Waals surface area contributed by atoms with Gasteiger partial charge in [0.2, 0.25) is 5.91 Å². The van der Waals surface area contributed by atoms with E-state index in [1.54, 1.807) is 0 Å². The summed E-state index contributed by atoms with van der Waals surface area (Å²) in [6.45, 7) is 6.14. The van der Waals surface area contributed by atoms with Crippen molar-refractivity contribution in [2.24, 2.45) is 5.10 Å². The number of benzene rings is 2. The summed E-state index contributed by atoms with van der Waals surface area (Å²) in [5.41, 5.74) is -2.19.